The van der Waals surface area contributed by atoms with Gasteiger partial charge in [0.1, 0.15) is 18.3 Å². The van der Waals surface area contributed by atoms with E-state index in [1.807, 2.05) is 0 Å². The third-order valence-corrected chi connectivity index (χ3v) is 3.33. The number of carbonyl (C=O) groups excluding carboxylic acids is 1. The molecule has 114 valence electrons. The maximum Gasteiger partial charge on any atom is 0.490 e. The van der Waals surface area contributed by atoms with E-state index >= 15 is 0 Å². The lowest BCUT2D eigenvalue weighted by Crippen LogP contribution is -2.54. The third kappa shape index (κ3) is 2.28. The van der Waals surface area contributed by atoms with E-state index in [2.05, 4.69) is 4.74 Å². The molecular weight excluding hydrogens is 285 g/mol. The molecule has 0 N–H and O–H groups in total. The quantitative estimate of drug-likeness (QED) is 0.665. The number of hydrogen-bond donors (Lipinski definition) is 0. The Morgan fingerprint density at radius 2 is 1.90 bits per heavy atom. The Labute approximate surface area is 112 Å². The Kier molecular flexibility index (Phi) is 3.02. The van der Waals surface area contributed by atoms with Gasteiger partial charge in [-0.2, -0.15) is 13.2 Å². The van der Waals surface area contributed by atoms with Gasteiger partial charge in [-0.25, -0.2) is 4.79 Å². The van der Waals surface area contributed by atoms with Crippen molar-refractivity contribution in [1.82, 2.24) is 0 Å². The molecule has 0 aromatic rings. The highest BCUT2D eigenvalue weighted by molar-refractivity contribution is 5.75. The minimum absolute atomic E-state index is 0.0284. The SMILES string of the molecule is CC1(C)OC2C3OCC(O3)C(OC(=O)C(F)(F)F)C2O1. The zero-order valence-electron chi connectivity index (χ0n) is 10.7. The summed E-state index contributed by atoms with van der Waals surface area (Å²) in [6, 6.07) is 0. The van der Waals surface area contributed by atoms with Crippen molar-refractivity contribution < 1.29 is 41.7 Å². The minimum Gasteiger partial charge on any atom is -0.450 e. The average molecular weight is 298 g/mol. The van der Waals surface area contributed by atoms with Crippen LogP contribution in [0, 0.1) is 0 Å². The van der Waals surface area contributed by atoms with E-state index < -0.39 is 48.6 Å². The fourth-order valence-corrected chi connectivity index (χ4v) is 2.61. The third-order valence-electron chi connectivity index (χ3n) is 3.33. The standard InChI is InChI=1S/C11H13F3O6/c1-10(2)19-6-5(18-9(15)11(12,13)14)4-3-16-8(17-4)7(6)20-10/h4-8H,3H2,1-2H3. The molecule has 0 spiro atoms. The number of hydrogen-bond acceptors (Lipinski definition) is 6. The highest BCUT2D eigenvalue weighted by atomic mass is 19.4. The molecule has 3 aliphatic rings. The summed E-state index contributed by atoms with van der Waals surface area (Å²) in [5.74, 6) is -3.28. The summed E-state index contributed by atoms with van der Waals surface area (Å²) < 4.78 is 63.2. The molecule has 0 amide bonds. The zero-order chi connectivity index (χ0) is 14.7. The molecule has 0 aliphatic carbocycles. The van der Waals surface area contributed by atoms with Crippen LogP contribution in [0.4, 0.5) is 13.2 Å². The maximum atomic E-state index is 12.3. The largest absolute Gasteiger partial charge is 0.490 e. The Balaban J connectivity index is 1.80. The number of rotatable bonds is 1. The maximum absolute atomic E-state index is 12.3. The number of fused-ring (bicyclic) bond motifs is 4. The summed E-state index contributed by atoms with van der Waals surface area (Å²) in [6.45, 7) is 3.25. The molecule has 0 radical (unpaired) electrons. The molecule has 0 aromatic heterocycles. The normalized spacial score (nSPS) is 42.4. The summed E-state index contributed by atoms with van der Waals surface area (Å²) in [7, 11) is 0. The van der Waals surface area contributed by atoms with Crippen molar-refractivity contribution >= 4 is 5.97 Å². The van der Waals surface area contributed by atoms with Gasteiger partial charge < -0.3 is 23.7 Å². The Bertz CT molecular complexity index is 423. The van der Waals surface area contributed by atoms with Crippen molar-refractivity contribution in [2.75, 3.05) is 6.61 Å². The molecule has 3 aliphatic heterocycles. The first kappa shape index (κ1) is 14.1. The molecule has 3 heterocycles. The lowest BCUT2D eigenvalue weighted by molar-refractivity contribution is -0.233. The molecule has 3 fully saturated rings. The van der Waals surface area contributed by atoms with Crippen LogP contribution in [0.15, 0.2) is 0 Å². The van der Waals surface area contributed by atoms with Crippen molar-refractivity contribution in [3.8, 4) is 0 Å². The predicted octanol–water partition coefficient (Wildman–Crippen LogP) is 0.736. The zero-order valence-corrected chi connectivity index (χ0v) is 10.7. The summed E-state index contributed by atoms with van der Waals surface area (Å²) in [5, 5.41) is 0. The van der Waals surface area contributed by atoms with Gasteiger partial charge in [0.15, 0.2) is 18.2 Å². The van der Waals surface area contributed by atoms with Gasteiger partial charge in [-0.15, -0.1) is 0 Å². The Morgan fingerprint density at radius 3 is 2.55 bits per heavy atom. The summed E-state index contributed by atoms with van der Waals surface area (Å²) in [5.41, 5.74) is 0. The Hall–Kier alpha value is -0.900. The lowest BCUT2D eigenvalue weighted by atomic mass is 10.0. The molecule has 5 atom stereocenters. The number of ether oxygens (including phenoxy) is 5. The highest BCUT2D eigenvalue weighted by Gasteiger charge is 2.61. The van der Waals surface area contributed by atoms with Gasteiger partial charge in [-0.1, -0.05) is 0 Å². The lowest BCUT2D eigenvalue weighted by Gasteiger charge is -2.34. The average Bonchev–Trinajstić information content (AvgIpc) is 2.85. The van der Waals surface area contributed by atoms with Crippen molar-refractivity contribution in [2.45, 2.75) is 56.5 Å². The predicted molar refractivity (Wildman–Crippen MR) is 54.4 cm³/mol. The molecule has 0 aromatic carbocycles. The first-order valence-corrected chi connectivity index (χ1v) is 6.08. The van der Waals surface area contributed by atoms with Gasteiger partial charge in [-0.3, -0.25) is 0 Å². The van der Waals surface area contributed by atoms with Gasteiger partial charge in [0.2, 0.25) is 0 Å². The van der Waals surface area contributed by atoms with E-state index in [0.717, 1.165) is 0 Å². The van der Waals surface area contributed by atoms with Gasteiger partial charge in [0.25, 0.3) is 0 Å². The van der Waals surface area contributed by atoms with Crippen LogP contribution in [-0.4, -0.2) is 55.2 Å². The first-order chi connectivity index (χ1) is 9.17. The van der Waals surface area contributed by atoms with E-state index in [1.54, 1.807) is 13.8 Å². The molecule has 3 rings (SSSR count). The fraction of sp³-hybridized carbons (Fsp3) is 0.909. The van der Waals surface area contributed by atoms with E-state index in [9.17, 15) is 18.0 Å². The Morgan fingerprint density at radius 1 is 1.25 bits per heavy atom. The van der Waals surface area contributed by atoms with Crippen molar-refractivity contribution in [1.29, 1.82) is 0 Å². The summed E-state index contributed by atoms with van der Waals surface area (Å²) >= 11 is 0. The molecule has 2 bridgehead atoms. The molecule has 5 unspecified atom stereocenters. The monoisotopic (exact) mass is 298 g/mol. The van der Waals surface area contributed by atoms with Gasteiger partial charge in [-0.05, 0) is 13.8 Å². The second kappa shape index (κ2) is 4.30. The summed E-state index contributed by atoms with van der Waals surface area (Å²) in [6.07, 6.45) is -9.36. The van der Waals surface area contributed by atoms with E-state index in [4.69, 9.17) is 18.9 Å². The summed E-state index contributed by atoms with van der Waals surface area (Å²) in [4.78, 5) is 11.0. The molecule has 6 nitrogen and oxygen atoms in total. The van der Waals surface area contributed by atoms with Gasteiger partial charge in [0.05, 0.1) is 6.61 Å². The minimum atomic E-state index is -5.07. The molecular formula is C11H13F3O6. The number of alkyl halides is 3. The first-order valence-electron chi connectivity index (χ1n) is 6.08. The molecule has 20 heavy (non-hydrogen) atoms. The van der Waals surface area contributed by atoms with Crippen LogP contribution in [0.3, 0.4) is 0 Å². The van der Waals surface area contributed by atoms with Crippen LogP contribution in [0.2, 0.25) is 0 Å². The fourth-order valence-electron chi connectivity index (χ4n) is 2.61. The molecule has 3 saturated heterocycles. The topological polar surface area (TPSA) is 63.2 Å². The van der Waals surface area contributed by atoms with Crippen LogP contribution in [-0.2, 0) is 28.5 Å². The smallest absolute Gasteiger partial charge is 0.450 e. The van der Waals surface area contributed by atoms with Crippen LogP contribution in [0.5, 0.6) is 0 Å². The highest BCUT2D eigenvalue weighted by Crippen LogP contribution is 2.42. The molecule has 9 heteroatoms. The van der Waals surface area contributed by atoms with E-state index in [-0.39, 0.29) is 6.61 Å². The van der Waals surface area contributed by atoms with Crippen LogP contribution in [0.25, 0.3) is 0 Å². The van der Waals surface area contributed by atoms with E-state index in [0.29, 0.717) is 0 Å². The van der Waals surface area contributed by atoms with Gasteiger partial charge in [0, 0.05) is 0 Å². The van der Waals surface area contributed by atoms with E-state index in [1.165, 1.54) is 0 Å². The van der Waals surface area contributed by atoms with Crippen LogP contribution in [0.1, 0.15) is 13.8 Å². The van der Waals surface area contributed by atoms with Crippen molar-refractivity contribution in [2.24, 2.45) is 0 Å². The van der Waals surface area contributed by atoms with Crippen LogP contribution >= 0.6 is 0 Å². The van der Waals surface area contributed by atoms with Crippen molar-refractivity contribution in [3.63, 3.8) is 0 Å². The van der Waals surface area contributed by atoms with Crippen LogP contribution < -0.4 is 0 Å². The number of carbonyl (C=O) groups is 1. The second-order valence-corrected chi connectivity index (χ2v) is 5.31. The second-order valence-electron chi connectivity index (χ2n) is 5.31. The van der Waals surface area contributed by atoms with Gasteiger partial charge >= 0.3 is 12.1 Å². The number of esters is 1. The van der Waals surface area contributed by atoms with Crippen molar-refractivity contribution in [3.05, 3.63) is 0 Å². The number of halogens is 3. The molecule has 0 saturated carbocycles.